The Balaban J connectivity index is 1.96. The molecule has 1 aliphatic rings. The van der Waals surface area contributed by atoms with Crippen LogP contribution in [0, 0.1) is 0 Å². The van der Waals surface area contributed by atoms with Crippen LogP contribution in [0.25, 0.3) is 0 Å². The van der Waals surface area contributed by atoms with Gasteiger partial charge in [-0.05, 0) is 48.4 Å². The summed E-state index contributed by atoms with van der Waals surface area (Å²) in [6, 6.07) is 8.35. The standard InChI is InChI=1S/C18H27F2N/c1-18(2,3)16-6-4-14(5-7-16)15-8-10-21(11-9-15)17(12-19)13-20/h4-7,15,17H,8-13H2,1-3H3. The molecule has 21 heavy (non-hydrogen) atoms. The van der Waals surface area contributed by atoms with Crippen LogP contribution in [0.1, 0.15) is 50.7 Å². The van der Waals surface area contributed by atoms with E-state index < -0.39 is 19.4 Å². The van der Waals surface area contributed by atoms with Crippen molar-refractivity contribution in [1.82, 2.24) is 4.90 Å². The van der Waals surface area contributed by atoms with E-state index in [1.165, 1.54) is 11.1 Å². The molecule has 0 aromatic heterocycles. The number of benzene rings is 1. The number of rotatable bonds is 4. The van der Waals surface area contributed by atoms with E-state index in [0.717, 1.165) is 25.9 Å². The van der Waals surface area contributed by atoms with Gasteiger partial charge < -0.3 is 0 Å². The quantitative estimate of drug-likeness (QED) is 0.792. The van der Waals surface area contributed by atoms with Gasteiger partial charge in [0.25, 0.3) is 0 Å². The molecule has 2 rings (SSSR count). The minimum Gasteiger partial charge on any atom is -0.295 e. The first kappa shape index (κ1) is 16.4. The Morgan fingerprint density at radius 2 is 1.57 bits per heavy atom. The van der Waals surface area contributed by atoms with Gasteiger partial charge in [0.15, 0.2) is 0 Å². The Hall–Kier alpha value is -0.960. The van der Waals surface area contributed by atoms with Crippen molar-refractivity contribution in [2.24, 2.45) is 0 Å². The maximum absolute atomic E-state index is 12.7. The summed E-state index contributed by atoms with van der Waals surface area (Å²) in [7, 11) is 0. The second-order valence-corrected chi connectivity index (χ2v) is 7.14. The topological polar surface area (TPSA) is 3.24 Å². The van der Waals surface area contributed by atoms with Gasteiger partial charge in [0.2, 0.25) is 0 Å². The molecule has 0 unspecified atom stereocenters. The van der Waals surface area contributed by atoms with Crippen LogP contribution in [0.15, 0.2) is 24.3 Å². The molecule has 1 heterocycles. The Kier molecular flexibility index (Phi) is 5.37. The monoisotopic (exact) mass is 295 g/mol. The minimum absolute atomic E-state index is 0.178. The van der Waals surface area contributed by atoms with Gasteiger partial charge in [-0.15, -0.1) is 0 Å². The normalized spacial score (nSPS) is 18.4. The van der Waals surface area contributed by atoms with Crippen LogP contribution in [0.2, 0.25) is 0 Å². The van der Waals surface area contributed by atoms with E-state index in [-0.39, 0.29) is 5.41 Å². The van der Waals surface area contributed by atoms with Gasteiger partial charge in [0, 0.05) is 0 Å². The SMILES string of the molecule is CC(C)(C)c1ccc(C2CCN(C(CF)CF)CC2)cc1. The van der Waals surface area contributed by atoms with E-state index >= 15 is 0 Å². The van der Waals surface area contributed by atoms with E-state index in [1.807, 2.05) is 4.90 Å². The maximum Gasteiger partial charge on any atom is 0.107 e. The van der Waals surface area contributed by atoms with E-state index in [4.69, 9.17) is 0 Å². The zero-order valence-corrected chi connectivity index (χ0v) is 13.4. The van der Waals surface area contributed by atoms with Crippen LogP contribution < -0.4 is 0 Å². The lowest BCUT2D eigenvalue weighted by atomic mass is 9.83. The van der Waals surface area contributed by atoms with Crippen LogP contribution in [0.5, 0.6) is 0 Å². The third-order valence-electron chi connectivity index (χ3n) is 4.65. The largest absolute Gasteiger partial charge is 0.295 e. The highest BCUT2D eigenvalue weighted by molar-refractivity contribution is 5.29. The lowest BCUT2D eigenvalue weighted by Crippen LogP contribution is -2.43. The fourth-order valence-corrected chi connectivity index (χ4v) is 3.09. The first-order valence-corrected chi connectivity index (χ1v) is 7.92. The molecule has 1 aromatic rings. The molecular weight excluding hydrogens is 268 g/mol. The molecule has 118 valence electrons. The molecule has 0 aliphatic carbocycles. The lowest BCUT2D eigenvalue weighted by Gasteiger charge is -2.35. The van der Waals surface area contributed by atoms with Crippen LogP contribution in [0.4, 0.5) is 8.78 Å². The van der Waals surface area contributed by atoms with Gasteiger partial charge in [-0.2, -0.15) is 0 Å². The number of halogens is 2. The third-order valence-corrected chi connectivity index (χ3v) is 4.65. The molecule has 1 fully saturated rings. The second kappa shape index (κ2) is 6.87. The zero-order valence-electron chi connectivity index (χ0n) is 13.4. The lowest BCUT2D eigenvalue weighted by molar-refractivity contribution is 0.109. The number of nitrogens with zero attached hydrogens (tertiary/aromatic N) is 1. The minimum atomic E-state index is -0.582. The highest BCUT2D eigenvalue weighted by atomic mass is 19.1. The number of alkyl halides is 2. The molecular formula is C18H27F2N. The fraction of sp³-hybridized carbons (Fsp3) is 0.667. The van der Waals surface area contributed by atoms with Crippen molar-refractivity contribution in [3.63, 3.8) is 0 Å². The highest BCUT2D eigenvalue weighted by Gasteiger charge is 2.26. The van der Waals surface area contributed by atoms with Crippen molar-refractivity contribution in [2.75, 3.05) is 26.4 Å². The zero-order chi connectivity index (χ0) is 15.5. The van der Waals surface area contributed by atoms with Gasteiger partial charge in [0.05, 0.1) is 6.04 Å². The third kappa shape index (κ3) is 4.03. The van der Waals surface area contributed by atoms with Gasteiger partial charge >= 0.3 is 0 Å². The molecule has 0 amide bonds. The van der Waals surface area contributed by atoms with Gasteiger partial charge in [-0.25, -0.2) is 8.78 Å². The van der Waals surface area contributed by atoms with Crippen molar-refractivity contribution < 1.29 is 8.78 Å². The average molecular weight is 295 g/mol. The smallest absolute Gasteiger partial charge is 0.107 e. The molecule has 1 saturated heterocycles. The van der Waals surface area contributed by atoms with Crippen molar-refractivity contribution >= 4 is 0 Å². The first-order valence-electron chi connectivity index (χ1n) is 7.92. The van der Waals surface area contributed by atoms with Gasteiger partial charge in [-0.1, -0.05) is 45.0 Å². The summed E-state index contributed by atoms with van der Waals surface area (Å²) in [5.41, 5.74) is 2.88. The predicted octanol–water partition coefficient (Wildman–Crippen LogP) is 4.47. The van der Waals surface area contributed by atoms with Crippen LogP contribution in [-0.4, -0.2) is 37.4 Å². The summed E-state index contributed by atoms with van der Waals surface area (Å²) in [6.07, 6.45) is 1.98. The van der Waals surface area contributed by atoms with E-state index in [0.29, 0.717) is 5.92 Å². The first-order chi connectivity index (χ1) is 9.95. The maximum atomic E-state index is 12.7. The summed E-state index contributed by atoms with van der Waals surface area (Å²) >= 11 is 0. The summed E-state index contributed by atoms with van der Waals surface area (Å²) in [6.45, 7) is 7.08. The Labute approximate surface area is 127 Å². The Morgan fingerprint density at radius 1 is 1.05 bits per heavy atom. The van der Waals surface area contributed by atoms with Crippen LogP contribution >= 0.6 is 0 Å². The molecule has 1 nitrogen and oxygen atoms in total. The van der Waals surface area contributed by atoms with Crippen molar-refractivity contribution in [2.45, 2.75) is 51.0 Å². The number of hydrogen-bond acceptors (Lipinski definition) is 1. The molecule has 1 aromatic carbocycles. The number of piperidine rings is 1. The molecule has 3 heteroatoms. The van der Waals surface area contributed by atoms with Crippen LogP contribution in [-0.2, 0) is 5.41 Å². The number of likely N-dealkylation sites (tertiary alicyclic amines) is 1. The Bertz CT molecular complexity index is 424. The van der Waals surface area contributed by atoms with E-state index in [2.05, 4.69) is 45.0 Å². The average Bonchev–Trinajstić information content (AvgIpc) is 2.48. The summed E-state index contributed by atoms with van der Waals surface area (Å²) in [5.74, 6) is 0.523. The van der Waals surface area contributed by atoms with E-state index in [9.17, 15) is 8.78 Å². The summed E-state index contributed by atoms with van der Waals surface area (Å²) < 4.78 is 25.5. The van der Waals surface area contributed by atoms with Crippen LogP contribution in [0.3, 0.4) is 0 Å². The van der Waals surface area contributed by atoms with E-state index in [1.54, 1.807) is 0 Å². The van der Waals surface area contributed by atoms with Crippen molar-refractivity contribution in [3.8, 4) is 0 Å². The highest BCUT2D eigenvalue weighted by Crippen LogP contribution is 2.31. The molecule has 0 spiro atoms. The van der Waals surface area contributed by atoms with Crippen molar-refractivity contribution in [1.29, 1.82) is 0 Å². The second-order valence-electron chi connectivity index (χ2n) is 7.14. The molecule has 0 atom stereocenters. The van der Waals surface area contributed by atoms with Gasteiger partial charge in [0.1, 0.15) is 13.3 Å². The van der Waals surface area contributed by atoms with Gasteiger partial charge in [-0.3, -0.25) is 4.90 Å². The summed E-state index contributed by atoms with van der Waals surface area (Å²) in [4.78, 5) is 1.96. The molecule has 0 N–H and O–H groups in total. The fourth-order valence-electron chi connectivity index (χ4n) is 3.09. The molecule has 0 bridgehead atoms. The predicted molar refractivity (Wildman–Crippen MR) is 84.4 cm³/mol. The Morgan fingerprint density at radius 3 is 2.00 bits per heavy atom. The molecule has 0 saturated carbocycles. The number of hydrogen-bond donors (Lipinski definition) is 0. The summed E-state index contributed by atoms with van der Waals surface area (Å²) in [5, 5.41) is 0. The molecule has 1 aliphatic heterocycles. The molecule has 0 radical (unpaired) electrons. The van der Waals surface area contributed by atoms with Crippen molar-refractivity contribution in [3.05, 3.63) is 35.4 Å².